The van der Waals surface area contributed by atoms with Crippen LogP contribution in [0.5, 0.6) is 0 Å². The minimum absolute atomic E-state index is 1.17. The van der Waals surface area contributed by atoms with Gasteiger partial charge in [0.25, 0.3) is 0 Å². The first-order valence-electron chi connectivity index (χ1n) is 5.77. The third-order valence-electron chi connectivity index (χ3n) is 4.01. The molecule has 1 heteroatoms. The molecule has 0 amide bonds. The molecule has 0 N–H and O–H groups in total. The minimum Gasteiger partial charge on any atom is -0.256 e. The summed E-state index contributed by atoms with van der Waals surface area (Å²) in [7, 11) is 0. The van der Waals surface area contributed by atoms with Gasteiger partial charge in [-0.1, -0.05) is 0 Å². The van der Waals surface area contributed by atoms with Crippen LogP contribution in [0.2, 0.25) is 0 Å². The summed E-state index contributed by atoms with van der Waals surface area (Å²) >= 11 is 0. The topological polar surface area (TPSA) is 12.9 Å². The van der Waals surface area contributed by atoms with Gasteiger partial charge >= 0.3 is 0 Å². The summed E-state index contributed by atoms with van der Waals surface area (Å²) in [4.78, 5) is 4.60. The lowest BCUT2D eigenvalue weighted by atomic mass is 9.91. The van der Waals surface area contributed by atoms with Crippen LogP contribution in [0.3, 0.4) is 0 Å². The van der Waals surface area contributed by atoms with E-state index in [0.29, 0.717) is 0 Å². The van der Waals surface area contributed by atoms with Gasteiger partial charge in [0.15, 0.2) is 0 Å². The smallest absolute Gasteiger partial charge is 0.0739 e. The molecule has 0 radical (unpaired) electrons. The maximum absolute atomic E-state index is 4.60. The molecule has 0 saturated heterocycles. The molecule has 0 aliphatic carbocycles. The molecule has 0 saturated carbocycles. The molecule has 0 bridgehead atoms. The van der Waals surface area contributed by atoms with E-state index in [1.807, 2.05) is 6.20 Å². The van der Waals surface area contributed by atoms with Crippen molar-refractivity contribution in [3.8, 4) is 0 Å². The van der Waals surface area contributed by atoms with Crippen molar-refractivity contribution in [2.24, 2.45) is 0 Å². The Bertz CT molecular complexity index is 580. The molecule has 84 valence electrons. The fraction of sp³-hybridized carbons (Fsp3) is 0.400. The molecule has 0 spiro atoms. The molecule has 16 heavy (non-hydrogen) atoms. The maximum Gasteiger partial charge on any atom is 0.0739 e. The highest BCUT2D eigenvalue weighted by Crippen LogP contribution is 2.30. The van der Waals surface area contributed by atoms with Crippen molar-refractivity contribution in [2.75, 3.05) is 0 Å². The predicted octanol–water partition coefficient (Wildman–Crippen LogP) is 4.09. The molecule has 1 aromatic heterocycles. The number of fused-ring (bicyclic) bond motifs is 1. The first-order valence-corrected chi connectivity index (χ1v) is 5.77. The molecule has 0 aliphatic rings. The number of hydrogen-bond donors (Lipinski definition) is 0. The van der Waals surface area contributed by atoms with Gasteiger partial charge in [0.1, 0.15) is 0 Å². The summed E-state index contributed by atoms with van der Waals surface area (Å²) in [6.45, 7) is 13.1. The zero-order valence-electron chi connectivity index (χ0n) is 11.0. The normalized spacial score (nSPS) is 11.1. The van der Waals surface area contributed by atoms with Crippen LogP contribution in [-0.2, 0) is 0 Å². The average Bonchev–Trinajstić information content (AvgIpc) is 2.27. The summed E-state index contributed by atoms with van der Waals surface area (Å²) in [5.41, 5.74) is 9.30. The van der Waals surface area contributed by atoms with Gasteiger partial charge in [0.2, 0.25) is 0 Å². The van der Waals surface area contributed by atoms with Crippen LogP contribution in [0, 0.1) is 41.5 Å². The zero-order chi connectivity index (χ0) is 12.0. The van der Waals surface area contributed by atoms with Crippen LogP contribution in [-0.4, -0.2) is 4.98 Å². The fourth-order valence-electron chi connectivity index (χ4n) is 2.37. The summed E-state index contributed by atoms with van der Waals surface area (Å²) in [6.07, 6.45) is 1.98. The van der Waals surface area contributed by atoms with Crippen molar-refractivity contribution in [2.45, 2.75) is 41.5 Å². The predicted molar refractivity (Wildman–Crippen MR) is 70.2 cm³/mol. The molecule has 0 aliphatic heterocycles. The Labute approximate surface area is 97.5 Å². The van der Waals surface area contributed by atoms with Gasteiger partial charge in [-0.15, -0.1) is 0 Å². The molecule has 0 fully saturated rings. The third kappa shape index (κ3) is 1.35. The van der Waals surface area contributed by atoms with Gasteiger partial charge in [-0.05, 0) is 74.9 Å². The quantitative estimate of drug-likeness (QED) is 0.642. The third-order valence-corrected chi connectivity index (χ3v) is 4.01. The van der Waals surface area contributed by atoms with Gasteiger partial charge in [-0.2, -0.15) is 0 Å². The van der Waals surface area contributed by atoms with E-state index >= 15 is 0 Å². The van der Waals surface area contributed by atoms with Gasteiger partial charge < -0.3 is 0 Å². The summed E-state index contributed by atoms with van der Waals surface area (Å²) in [5.74, 6) is 0. The molecule has 0 unspecified atom stereocenters. The first-order chi connectivity index (χ1) is 7.45. The number of pyridine rings is 1. The molecule has 1 nitrogen and oxygen atoms in total. The van der Waals surface area contributed by atoms with E-state index in [4.69, 9.17) is 0 Å². The molecular weight excluding hydrogens is 194 g/mol. The van der Waals surface area contributed by atoms with Crippen molar-refractivity contribution in [1.29, 1.82) is 0 Å². The van der Waals surface area contributed by atoms with E-state index in [9.17, 15) is 0 Å². The molecular formula is C15H19N. The zero-order valence-corrected chi connectivity index (χ0v) is 11.0. The van der Waals surface area contributed by atoms with Crippen molar-refractivity contribution >= 4 is 10.9 Å². The van der Waals surface area contributed by atoms with Crippen molar-refractivity contribution in [3.05, 3.63) is 39.6 Å². The number of aromatic nitrogens is 1. The molecule has 2 aromatic rings. The maximum atomic E-state index is 4.60. The summed E-state index contributed by atoms with van der Waals surface area (Å²) in [6, 6.07) is 0. The molecule has 1 aromatic carbocycles. The van der Waals surface area contributed by atoms with E-state index in [1.54, 1.807) is 0 Å². The number of benzene rings is 1. The van der Waals surface area contributed by atoms with Crippen LogP contribution in [0.4, 0.5) is 0 Å². The molecule has 0 atom stereocenters. The Hall–Kier alpha value is -1.37. The van der Waals surface area contributed by atoms with Crippen LogP contribution >= 0.6 is 0 Å². The van der Waals surface area contributed by atoms with E-state index in [1.165, 1.54) is 44.3 Å². The van der Waals surface area contributed by atoms with E-state index in [0.717, 1.165) is 0 Å². The highest BCUT2D eigenvalue weighted by molar-refractivity contribution is 5.90. The highest BCUT2D eigenvalue weighted by Gasteiger charge is 2.12. The Kier molecular flexibility index (Phi) is 2.49. The number of hydrogen-bond acceptors (Lipinski definition) is 1. The standard InChI is InChI=1S/C15H19N/c1-8-7-16-15-13(6)11(4)10(3)12(5)14(15)9(8)2/h7H,1-6H3. The first kappa shape index (κ1) is 11.1. The van der Waals surface area contributed by atoms with Gasteiger partial charge in [-0.25, -0.2) is 0 Å². The lowest BCUT2D eigenvalue weighted by molar-refractivity contribution is 1.20. The number of rotatable bonds is 0. The molecule has 2 rings (SSSR count). The summed E-state index contributed by atoms with van der Waals surface area (Å²) < 4.78 is 0. The lowest BCUT2D eigenvalue weighted by Gasteiger charge is -2.16. The van der Waals surface area contributed by atoms with Crippen LogP contribution in [0.25, 0.3) is 10.9 Å². The summed E-state index contributed by atoms with van der Waals surface area (Å²) in [5, 5.41) is 1.35. The van der Waals surface area contributed by atoms with Gasteiger partial charge in [-0.3, -0.25) is 4.98 Å². The van der Waals surface area contributed by atoms with Gasteiger partial charge in [0, 0.05) is 11.6 Å². The SMILES string of the molecule is Cc1cnc2c(C)c(C)c(C)c(C)c2c1C. The van der Waals surface area contributed by atoms with Crippen LogP contribution in [0.1, 0.15) is 33.4 Å². The second-order valence-corrected chi connectivity index (χ2v) is 4.79. The number of aryl methyl sites for hydroxylation is 4. The average molecular weight is 213 g/mol. The van der Waals surface area contributed by atoms with Crippen molar-refractivity contribution in [3.63, 3.8) is 0 Å². The second-order valence-electron chi connectivity index (χ2n) is 4.79. The van der Waals surface area contributed by atoms with E-state index in [2.05, 4.69) is 46.5 Å². The van der Waals surface area contributed by atoms with E-state index in [-0.39, 0.29) is 0 Å². The largest absolute Gasteiger partial charge is 0.256 e. The van der Waals surface area contributed by atoms with Gasteiger partial charge in [0.05, 0.1) is 5.52 Å². The minimum atomic E-state index is 1.17. The van der Waals surface area contributed by atoms with E-state index < -0.39 is 0 Å². The van der Waals surface area contributed by atoms with Crippen LogP contribution in [0.15, 0.2) is 6.20 Å². The molecule has 1 heterocycles. The monoisotopic (exact) mass is 213 g/mol. The fourth-order valence-corrected chi connectivity index (χ4v) is 2.37. The highest BCUT2D eigenvalue weighted by atomic mass is 14.7. The Balaban J connectivity index is 3.09. The second kappa shape index (κ2) is 3.58. The van der Waals surface area contributed by atoms with Crippen molar-refractivity contribution in [1.82, 2.24) is 4.98 Å². The number of nitrogens with zero attached hydrogens (tertiary/aromatic N) is 1. The Morgan fingerprint density at radius 1 is 0.688 bits per heavy atom. The van der Waals surface area contributed by atoms with Crippen molar-refractivity contribution < 1.29 is 0 Å². The lowest BCUT2D eigenvalue weighted by Crippen LogP contribution is -1.98. The van der Waals surface area contributed by atoms with Crippen LogP contribution < -0.4 is 0 Å². The Morgan fingerprint density at radius 2 is 1.25 bits per heavy atom. The Morgan fingerprint density at radius 3 is 1.88 bits per heavy atom.